The minimum absolute atomic E-state index is 0.0553. The molecule has 5 nitrogen and oxygen atoms in total. The van der Waals surface area contributed by atoms with Crippen molar-refractivity contribution in [2.45, 2.75) is 13.3 Å². The molecule has 0 bridgehead atoms. The van der Waals surface area contributed by atoms with Crippen LogP contribution in [0, 0.1) is 12.8 Å². The predicted octanol–water partition coefficient (Wildman–Crippen LogP) is 4.53. The number of halogens is 2. The van der Waals surface area contributed by atoms with Crippen molar-refractivity contribution in [2.24, 2.45) is 10.9 Å². The number of ketones is 1. The van der Waals surface area contributed by atoms with Gasteiger partial charge in [-0.15, -0.1) is 0 Å². The quantitative estimate of drug-likeness (QED) is 0.800. The number of piperidine rings is 1. The highest BCUT2D eigenvalue weighted by molar-refractivity contribution is 6.32. The summed E-state index contributed by atoms with van der Waals surface area (Å²) in [5.41, 5.74) is 3.68. The maximum atomic E-state index is 13.0. The summed E-state index contributed by atoms with van der Waals surface area (Å²) >= 11 is 12.1. The van der Waals surface area contributed by atoms with E-state index < -0.39 is 0 Å². The second-order valence-corrected chi connectivity index (χ2v) is 7.98. The number of amides is 1. The van der Waals surface area contributed by atoms with Crippen LogP contribution >= 0.6 is 23.2 Å². The second-order valence-electron chi connectivity index (χ2n) is 7.13. The van der Waals surface area contributed by atoms with E-state index in [0.29, 0.717) is 46.5 Å². The van der Waals surface area contributed by atoms with Gasteiger partial charge in [-0.1, -0.05) is 29.3 Å². The lowest BCUT2D eigenvalue weighted by atomic mass is 9.84. The molecule has 0 aromatic heterocycles. The number of fused-ring (bicyclic) bond motifs is 2. The maximum absolute atomic E-state index is 13.0. The number of nitrogens with zero attached hydrogens (tertiary/aromatic N) is 2. The lowest BCUT2D eigenvalue weighted by Crippen LogP contribution is -2.47. The molecule has 0 saturated carbocycles. The maximum Gasteiger partial charge on any atom is 0.238 e. The molecule has 4 rings (SSSR count). The summed E-state index contributed by atoms with van der Waals surface area (Å²) in [7, 11) is 0. The van der Waals surface area contributed by atoms with Crippen molar-refractivity contribution in [3.05, 3.63) is 57.6 Å². The Morgan fingerprint density at radius 1 is 1.29 bits per heavy atom. The van der Waals surface area contributed by atoms with Gasteiger partial charge in [-0.05, 0) is 49.2 Å². The highest BCUT2D eigenvalue weighted by Crippen LogP contribution is 2.37. The van der Waals surface area contributed by atoms with E-state index in [-0.39, 0.29) is 24.2 Å². The van der Waals surface area contributed by atoms with Gasteiger partial charge in [0.2, 0.25) is 5.91 Å². The van der Waals surface area contributed by atoms with Crippen LogP contribution in [0.2, 0.25) is 10.0 Å². The monoisotopic (exact) mass is 415 g/mol. The molecule has 2 aromatic rings. The van der Waals surface area contributed by atoms with Crippen LogP contribution in [0.25, 0.3) is 0 Å². The van der Waals surface area contributed by atoms with Crippen LogP contribution in [-0.4, -0.2) is 41.9 Å². The van der Waals surface area contributed by atoms with E-state index in [4.69, 9.17) is 28.2 Å². The molecular weight excluding hydrogens is 397 g/mol. The van der Waals surface area contributed by atoms with Crippen LogP contribution in [0.15, 0.2) is 41.4 Å². The summed E-state index contributed by atoms with van der Waals surface area (Å²) < 4.78 is 0. The number of benzene rings is 2. The standard InChI is InChI=1S/C21H19Cl2N3O2/c1-12-17(23)6-5-15-20(12)25-18-7-8-26(10-16(18)21(15)28)11-19(27)24-14-4-2-3-13(22)9-14/h2-6,9,16H,7-8,10-11H2,1H3,(H,24,27). The number of carbonyl (C=O) groups is 2. The van der Waals surface area contributed by atoms with Crippen LogP contribution in [0.1, 0.15) is 22.3 Å². The number of carbonyl (C=O) groups excluding carboxylic acids is 2. The van der Waals surface area contributed by atoms with Gasteiger partial charge in [-0.25, -0.2) is 0 Å². The van der Waals surface area contributed by atoms with Gasteiger partial charge in [-0.2, -0.15) is 0 Å². The number of hydrogen-bond acceptors (Lipinski definition) is 4. The van der Waals surface area contributed by atoms with E-state index in [2.05, 4.69) is 5.32 Å². The Morgan fingerprint density at radius 3 is 2.89 bits per heavy atom. The van der Waals surface area contributed by atoms with E-state index in [1.807, 2.05) is 11.8 Å². The Labute approximate surface area is 173 Å². The van der Waals surface area contributed by atoms with E-state index in [9.17, 15) is 9.59 Å². The largest absolute Gasteiger partial charge is 0.325 e. The highest BCUT2D eigenvalue weighted by atomic mass is 35.5. The number of aliphatic imine (C=N–C) groups is 1. The number of likely N-dealkylation sites (tertiary alicyclic amines) is 1. The molecule has 0 spiro atoms. The van der Waals surface area contributed by atoms with E-state index in [1.165, 1.54) is 0 Å². The Morgan fingerprint density at radius 2 is 2.11 bits per heavy atom. The third-order valence-electron chi connectivity index (χ3n) is 5.21. The number of Topliss-reactive ketones (excluding diaryl/α,β-unsaturated/α-hetero) is 1. The normalized spacial score (nSPS) is 18.9. The van der Waals surface area contributed by atoms with Gasteiger partial charge < -0.3 is 5.32 Å². The van der Waals surface area contributed by atoms with Gasteiger partial charge in [0.25, 0.3) is 0 Å². The van der Waals surface area contributed by atoms with Gasteiger partial charge in [0, 0.05) is 40.1 Å². The number of rotatable bonds is 3. The molecule has 28 heavy (non-hydrogen) atoms. The molecule has 1 amide bonds. The summed E-state index contributed by atoms with van der Waals surface area (Å²) in [4.78, 5) is 32.1. The minimum atomic E-state index is -0.305. The average molecular weight is 416 g/mol. The fourth-order valence-corrected chi connectivity index (χ4v) is 4.08. The van der Waals surface area contributed by atoms with E-state index in [1.54, 1.807) is 36.4 Å². The smallest absolute Gasteiger partial charge is 0.238 e. The van der Waals surface area contributed by atoms with Crippen molar-refractivity contribution in [3.8, 4) is 0 Å². The summed E-state index contributed by atoms with van der Waals surface area (Å²) in [5.74, 6) is -0.380. The summed E-state index contributed by atoms with van der Waals surface area (Å²) in [6.45, 7) is 3.27. The lowest BCUT2D eigenvalue weighted by Gasteiger charge is -2.35. The second kappa shape index (κ2) is 7.66. The predicted molar refractivity (Wildman–Crippen MR) is 112 cm³/mol. The summed E-state index contributed by atoms with van der Waals surface area (Å²) in [6.07, 6.45) is 0.659. The molecule has 2 heterocycles. The Bertz CT molecular complexity index is 1000. The molecule has 0 radical (unpaired) electrons. The van der Waals surface area contributed by atoms with Crippen molar-refractivity contribution in [1.29, 1.82) is 0 Å². The van der Waals surface area contributed by atoms with E-state index >= 15 is 0 Å². The zero-order valence-electron chi connectivity index (χ0n) is 15.3. The molecule has 2 aliphatic rings. The van der Waals surface area contributed by atoms with E-state index in [0.717, 1.165) is 11.3 Å². The minimum Gasteiger partial charge on any atom is -0.325 e. The Balaban J connectivity index is 1.46. The molecule has 1 N–H and O–H groups in total. The molecule has 1 saturated heterocycles. The first-order valence-electron chi connectivity index (χ1n) is 9.11. The zero-order chi connectivity index (χ0) is 19.8. The van der Waals surface area contributed by atoms with Crippen molar-refractivity contribution >= 4 is 52.0 Å². The zero-order valence-corrected chi connectivity index (χ0v) is 16.8. The molecule has 2 aromatic carbocycles. The topological polar surface area (TPSA) is 61.8 Å². The van der Waals surface area contributed by atoms with Crippen LogP contribution in [-0.2, 0) is 4.79 Å². The van der Waals surface area contributed by atoms with Gasteiger partial charge in [0.1, 0.15) is 0 Å². The van der Waals surface area contributed by atoms with Gasteiger partial charge >= 0.3 is 0 Å². The van der Waals surface area contributed by atoms with Crippen molar-refractivity contribution in [2.75, 3.05) is 25.0 Å². The highest BCUT2D eigenvalue weighted by Gasteiger charge is 2.36. The van der Waals surface area contributed by atoms with Crippen molar-refractivity contribution in [1.82, 2.24) is 4.90 Å². The van der Waals surface area contributed by atoms with Crippen LogP contribution in [0.3, 0.4) is 0 Å². The molecule has 1 fully saturated rings. The number of hydrogen-bond donors (Lipinski definition) is 1. The third kappa shape index (κ3) is 3.70. The third-order valence-corrected chi connectivity index (χ3v) is 5.85. The first kappa shape index (κ1) is 19.1. The van der Waals surface area contributed by atoms with Gasteiger partial charge in [-0.3, -0.25) is 19.5 Å². The van der Waals surface area contributed by atoms with Crippen LogP contribution in [0.5, 0.6) is 0 Å². The van der Waals surface area contributed by atoms with Gasteiger partial charge in [0.05, 0.1) is 18.2 Å². The van der Waals surface area contributed by atoms with Crippen molar-refractivity contribution < 1.29 is 9.59 Å². The molecular formula is C21H19Cl2N3O2. The Hall–Kier alpha value is -2.21. The molecule has 1 atom stereocenters. The number of nitrogens with one attached hydrogen (secondary N) is 1. The molecule has 144 valence electrons. The van der Waals surface area contributed by atoms with Gasteiger partial charge in [0.15, 0.2) is 5.78 Å². The van der Waals surface area contributed by atoms with Crippen LogP contribution in [0.4, 0.5) is 11.4 Å². The lowest BCUT2D eigenvalue weighted by molar-refractivity contribution is -0.117. The number of anilines is 1. The SMILES string of the molecule is Cc1c(Cl)ccc2c1N=C1CCN(CC(=O)Nc3cccc(Cl)c3)CC1C2=O. The van der Waals surface area contributed by atoms with Crippen molar-refractivity contribution in [3.63, 3.8) is 0 Å². The fourth-order valence-electron chi connectivity index (χ4n) is 3.73. The fraction of sp³-hybridized carbons (Fsp3) is 0.286. The molecule has 1 unspecified atom stereocenters. The first-order valence-corrected chi connectivity index (χ1v) is 9.86. The van der Waals surface area contributed by atoms with Crippen LogP contribution < -0.4 is 5.32 Å². The average Bonchev–Trinajstić information content (AvgIpc) is 2.66. The molecule has 7 heteroatoms. The Kier molecular flexibility index (Phi) is 5.23. The first-order chi connectivity index (χ1) is 13.4. The molecule has 0 aliphatic carbocycles. The summed E-state index contributed by atoms with van der Waals surface area (Å²) in [6, 6.07) is 10.5. The molecule has 2 aliphatic heterocycles. The summed E-state index contributed by atoms with van der Waals surface area (Å²) in [5, 5.41) is 4.03.